The summed E-state index contributed by atoms with van der Waals surface area (Å²) < 4.78 is 0. The molecule has 0 amide bonds. The molecule has 1 atom stereocenters. The average Bonchev–Trinajstić information content (AvgIpc) is 2.97. The molecule has 0 unspecified atom stereocenters. The van der Waals surface area contributed by atoms with E-state index in [4.69, 9.17) is 11.6 Å². The molecular formula is C18H26ClNO. The molecule has 1 aliphatic rings. The number of halogens is 1. The molecule has 0 radical (unpaired) electrons. The first-order chi connectivity index (χ1) is 10.1. The van der Waals surface area contributed by atoms with E-state index in [0.29, 0.717) is 10.8 Å². The summed E-state index contributed by atoms with van der Waals surface area (Å²) in [6.45, 7) is 5.72. The van der Waals surface area contributed by atoms with Crippen molar-refractivity contribution in [1.29, 1.82) is 0 Å². The highest BCUT2D eigenvalue weighted by atomic mass is 35.5. The maximum atomic E-state index is 12.5. The second-order valence-electron chi connectivity index (χ2n) is 6.47. The van der Waals surface area contributed by atoms with Crippen LogP contribution in [-0.2, 0) is 4.79 Å². The summed E-state index contributed by atoms with van der Waals surface area (Å²) in [7, 11) is 0. The van der Waals surface area contributed by atoms with Crippen molar-refractivity contribution >= 4 is 17.4 Å². The third-order valence-corrected chi connectivity index (χ3v) is 4.69. The number of Topliss-reactive ketones (excluding diaryl/α,β-unsaturated/α-hetero) is 1. The smallest absolute Gasteiger partial charge is 0.144 e. The highest BCUT2D eigenvalue weighted by Gasteiger charge is 2.23. The van der Waals surface area contributed by atoms with E-state index in [2.05, 4.69) is 5.32 Å². The maximum Gasteiger partial charge on any atom is 0.144 e. The van der Waals surface area contributed by atoms with Crippen LogP contribution in [0.4, 0.5) is 0 Å². The molecule has 1 aromatic carbocycles. The first-order valence-electron chi connectivity index (χ1n) is 8.08. The normalized spacial score (nSPS) is 17.3. The lowest BCUT2D eigenvalue weighted by atomic mass is 9.88. The van der Waals surface area contributed by atoms with Gasteiger partial charge in [-0.3, -0.25) is 4.79 Å². The molecule has 21 heavy (non-hydrogen) atoms. The molecule has 0 aliphatic heterocycles. The van der Waals surface area contributed by atoms with Gasteiger partial charge in [0.1, 0.15) is 5.78 Å². The Morgan fingerprint density at radius 1 is 1.24 bits per heavy atom. The van der Waals surface area contributed by atoms with Gasteiger partial charge in [0, 0.05) is 17.5 Å². The lowest BCUT2D eigenvalue weighted by Crippen LogP contribution is -2.32. The summed E-state index contributed by atoms with van der Waals surface area (Å²) in [4.78, 5) is 12.5. The summed E-state index contributed by atoms with van der Waals surface area (Å²) in [5.74, 6) is 1.09. The maximum absolute atomic E-state index is 12.5. The molecule has 0 bridgehead atoms. The second kappa shape index (κ2) is 7.95. The monoisotopic (exact) mass is 307 g/mol. The van der Waals surface area contributed by atoms with Crippen LogP contribution in [0.1, 0.15) is 51.0 Å². The zero-order chi connectivity index (χ0) is 15.2. The van der Waals surface area contributed by atoms with E-state index in [1.807, 2.05) is 38.1 Å². The minimum absolute atomic E-state index is 0.0546. The number of benzene rings is 1. The minimum Gasteiger partial charge on any atom is -0.315 e. The standard InChI is InChI=1S/C18H26ClNO/c1-13(2)18(21)17(15-7-9-16(19)10-8-15)12-20-11-14-5-3-4-6-14/h7-10,13-14,17,20H,3-6,11-12H2,1-2H3/t17-/m1/s1. The van der Waals surface area contributed by atoms with E-state index in [9.17, 15) is 4.79 Å². The fourth-order valence-electron chi connectivity index (χ4n) is 3.13. The fourth-order valence-corrected chi connectivity index (χ4v) is 3.25. The molecule has 2 nitrogen and oxygen atoms in total. The first kappa shape index (κ1) is 16.5. The number of carbonyl (C=O) groups excluding carboxylic acids is 1. The first-order valence-corrected chi connectivity index (χ1v) is 8.45. The molecule has 2 rings (SSSR count). The van der Waals surface area contributed by atoms with Crippen LogP contribution in [0, 0.1) is 11.8 Å². The Bertz CT molecular complexity index is 449. The van der Waals surface area contributed by atoms with Crippen molar-refractivity contribution in [3.05, 3.63) is 34.9 Å². The SMILES string of the molecule is CC(C)C(=O)[C@H](CNCC1CCCC1)c1ccc(Cl)cc1. The number of carbonyl (C=O) groups is 1. The van der Waals surface area contributed by atoms with Gasteiger partial charge in [-0.2, -0.15) is 0 Å². The summed E-state index contributed by atoms with van der Waals surface area (Å²) in [5, 5.41) is 4.24. The van der Waals surface area contributed by atoms with Crippen LogP contribution in [0.2, 0.25) is 5.02 Å². The molecule has 0 saturated heterocycles. The van der Waals surface area contributed by atoms with Crippen LogP contribution < -0.4 is 5.32 Å². The number of hydrogen-bond donors (Lipinski definition) is 1. The molecule has 1 aromatic rings. The topological polar surface area (TPSA) is 29.1 Å². The van der Waals surface area contributed by atoms with Crippen molar-refractivity contribution in [1.82, 2.24) is 5.32 Å². The molecular weight excluding hydrogens is 282 g/mol. The molecule has 0 aromatic heterocycles. The van der Waals surface area contributed by atoms with Gasteiger partial charge >= 0.3 is 0 Å². The van der Waals surface area contributed by atoms with Crippen LogP contribution in [0.25, 0.3) is 0 Å². The molecule has 1 saturated carbocycles. The molecule has 3 heteroatoms. The van der Waals surface area contributed by atoms with Gasteiger partial charge in [0.05, 0.1) is 5.92 Å². The van der Waals surface area contributed by atoms with Gasteiger partial charge in [-0.1, -0.05) is 50.4 Å². The van der Waals surface area contributed by atoms with E-state index in [1.54, 1.807) is 0 Å². The van der Waals surface area contributed by atoms with Crippen LogP contribution in [0.5, 0.6) is 0 Å². The van der Waals surface area contributed by atoms with Gasteiger partial charge in [-0.15, -0.1) is 0 Å². The van der Waals surface area contributed by atoms with Crippen molar-refractivity contribution in [2.24, 2.45) is 11.8 Å². The van der Waals surface area contributed by atoms with Crippen LogP contribution in [0.3, 0.4) is 0 Å². The number of rotatable bonds is 7. The Labute approximate surface area is 133 Å². The lowest BCUT2D eigenvalue weighted by Gasteiger charge is -2.20. The Balaban J connectivity index is 1.98. The quantitative estimate of drug-likeness (QED) is 0.807. The molecule has 1 fully saturated rings. The van der Waals surface area contributed by atoms with Gasteiger partial charge in [0.2, 0.25) is 0 Å². The van der Waals surface area contributed by atoms with Crippen LogP contribution in [0.15, 0.2) is 24.3 Å². The molecule has 116 valence electrons. The Morgan fingerprint density at radius 2 is 1.86 bits per heavy atom. The Kier molecular flexibility index (Phi) is 6.25. The Morgan fingerprint density at radius 3 is 2.43 bits per heavy atom. The van der Waals surface area contributed by atoms with Crippen LogP contribution >= 0.6 is 11.6 Å². The summed E-state index contributed by atoms with van der Waals surface area (Å²) >= 11 is 5.95. The van der Waals surface area contributed by atoms with E-state index in [0.717, 1.165) is 24.6 Å². The van der Waals surface area contributed by atoms with Gasteiger partial charge in [0.25, 0.3) is 0 Å². The van der Waals surface area contributed by atoms with Gasteiger partial charge in [-0.25, -0.2) is 0 Å². The van der Waals surface area contributed by atoms with Crippen molar-refractivity contribution in [3.8, 4) is 0 Å². The van der Waals surface area contributed by atoms with Gasteiger partial charge < -0.3 is 5.32 Å². The molecule has 1 aliphatic carbocycles. The third-order valence-electron chi connectivity index (χ3n) is 4.44. The van der Waals surface area contributed by atoms with E-state index in [-0.39, 0.29) is 11.8 Å². The zero-order valence-corrected chi connectivity index (χ0v) is 13.8. The number of ketones is 1. The van der Waals surface area contributed by atoms with E-state index >= 15 is 0 Å². The van der Waals surface area contributed by atoms with Gasteiger partial charge in [-0.05, 0) is 43.0 Å². The number of hydrogen-bond acceptors (Lipinski definition) is 2. The summed E-state index contributed by atoms with van der Waals surface area (Å²) in [6.07, 6.45) is 5.38. The Hall–Kier alpha value is -0.860. The molecule has 0 heterocycles. The number of nitrogens with one attached hydrogen (secondary N) is 1. The molecule has 0 spiro atoms. The third kappa shape index (κ3) is 4.82. The highest BCUT2D eigenvalue weighted by molar-refractivity contribution is 6.30. The summed E-state index contributed by atoms with van der Waals surface area (Å²) in [6, 6.07) is 7.69. The minimum atomic E-state index is -0.0660. The molecule has 1 N–H and O–H groups in total. The van der Waals surface area contributed by atoms with E-state index < -0.39 is 0 Å². The predicted molar refractivity (Wildman–Crippen MR) is 88.9 cm³/mol. The second-order valence-corrected chi connectivity index (χ2v) is 6.91. The van der Waals surface area contributed by atoms with Crippen molar-refractivity contribution in [2.45, 2.75) is 45.4 Å². The lowest BCUT2D eigenvalue weighted by molar-refractivity contribution is -0.123. The van der Waals surface area contributed by atoms with Crippen molar-refractivity contribution < 1.29 is 4.79 Å². The van der Waals surface area contributed by atoms with Crippen LogP contribution in [-0.4, -0.2) is 18.9 Å². The van der Waals surface area contributed by atoms with Crippen molar-refractivity contribution in [3.63, 3.8) is 0 Å². The largest absolute Gasteiger partial charge is 0.315 e. The summed E-state index contributed by atoms with van der Waals surface area (Å²) in [5.41, 5.74) is 1.07. The highest BCUT2D eigenvalue weighted by Crippen LogP contribution is 2.25. The van der Waals surface area contributed by atoms with E-state index in [1.165, 1.54) is 25.7 Å². The van der Waals surface area contributed by atoms with Gasteiger partial charge in [0.15, 0.2) is 0 Å². The fraction of sp³-hybridized carbons (Fsp3) is 0.611. The van der Waals surface area contributed by atoms with Crippen molar-refractivity contribution in [2.75, 3.05) is 13.1 Å². The predicted octanol–water partition coefficient (Wildman–Crippen LogP) is 4.43. The zero-order valence-electron chi connectivity index (χ0n) is 13.1. The average molecular weight is 308 g/mol.